The summed E-state index contributed by atoms with van der Waals surface area (Å²) in [5.41, 5.74) is 3.22. The number of nitrogens with zero attached hydrogens (tertiary/aromatic N) is 2. The van der Waals surface area contributed by atoms with Crippen LogP contribution in [-0.2, 0) is 27.3 Å². The average molecular weight is 342 g/mol. The van der Waals surface area contributed by atoms with Gasteiger partial charge in [0.15, 0.2) is 0 Å². The van der Waals surface area contributed by atoms with E-state index in [1.54, 1.807) is 0 Å². The Bertz CT molecular complexity index is 742. The van der Waals surface area contributed by atoms with Crippen LogP contribution in [0.25, 0.3) is 0 Å². The van der Waals surface area contributed by atoms with Crippen LogP contribution in [0.4, 0.5) is 0 Å². The molecule has 7 heteroatoms. The van der Waals surface area contributed by atoms with Gasteiger partial charge in [-0.25, -0.2) is 0 Å². The fourth-order valence-electron chi connectivity index (χ4n) is 2.81. The van der Waals surface area contributed by atoms with E-state index in [-0.39, 0.29) is 24.5 Å². The van der Waals surface area contributed by atoms with Gasteiger partial charge in [0.25, 0.3) is 0 Å². The molecular formula is C18H22N4O3. The molecule has 25 heavy (non-hydrogen) atoms. The van der Waals surface area contributed by atoms with Gasteiger partial charge in [-0.2, -0.15) is 5.10 Å². The van der Waals surface area contributed by atoms with Crippen molar-refractivity contribution in [1.29, 1.82) is 0 Å². The predicted octanol–water partition coefficient (Wildman–Crippen LogP) is 0.798. The number of benzene rings is 1. The Morgan fingerprint density at radius 1 is 1.28 bits per heavy atom. The van der Waals surface area contributed by atoms with E-state index in [0.717, 1.165) is 17.7 Å². The van der Waals surface area contributed by atoms with Crippen LogP contribution in [0.3, 0.4) is 0 Å². The smallest absolute Gasteiger partial charge is 0.239 e. The third kappa shape index (κ3) is 4.67. The van der Waals surface area contributed by atoms with Crippen LogP contribution in [0.1, 0.15) is 29.8 Å². The lowest BCUT2D eigenvalue weighted by molar-refractivity contribution is -0.125. The van der Waals surface area contributed by atoms with Gasteiger partial charge in [-0.3, -0.25) is 14.3 Å². The van der Waals surface area contributed by atoms with E-state index in [2.05, 4.69) is 34.1 Å². The highest BCUT2D eigenvalue weighted by molar-refractivity contribution is 5.83. The minimum Gasteiger partial charge on any atom is -0.370 e. The van der Waals surface area contributed by atoms with E-state index in [4.69, 9.17) is 4.74 Å². The maximum atomic E-state index is 11.7. The summed E-state index contributed by atoms with van der Waals surface area (Å²) in [7, 11) is 0. The van der Waals surface area contributed by atoms with Gasteiger partial charge in [-0.15, -0.1) is 0 Å². The molecule has 2 aromatic rings. The topological polar surface area (TPSA) is 85.3 Å². The highest BCUT2D eigenvalue weighted by Crippen LogP contribution is 2.25. The molecule has 0 saturated carbocycles. The highest BCUT2D eigenvalue weighted by Gasteiger charge is 2.25. The summed E-state index contributed by atoms with van der Waals surface area (Å²) in [6.45, 7) is 3.00. The van der Waals surface area contributed by atoms with Crippen LogP contribution >= 0.6 is 0 Å². The summed E-state index contributed by atoms with van der Waals surface area (Å²) in [6.07, 6.45) is 2.61. The van der Waals surface area contributed by atoms with E-state index in [1.807, 2.05) is 22.9 Å². The van der Waals surface area contributed by atoms with Crippen LogP contribution < -0.4 is 10.6 Å². The lowest BCUT2D eigenvalue weighted by atomic mass is 10.1. The number of fused-ring (bicyclic) bond motifs is 1. The molecule has 0 spiro atoms. The fraction of sp³-hybridized carbons (Fsp3) is 0.389. The van der Waals surface area contributed by atoms with Crippen LogP contribution in [0.5, 0.6) is 0 Å². The zero-order chi connectivity index (χ0) is 17.6. The third-order valence-electron chi connectivity index (χ3n) is 4.04. The van der Waals surface area contributed by atoms with E-state index in [1.165, 1.54) is 12.5 Å². The summed E-state index contributed by atoms with van der Waals surface area (Å²) in [5, 5.41) is 9.90. The standard InChI is InChI=1S/C18H22N4O3/c1-13(23)19-10-17(24)20-9-16-18-15(7-8-25-16)12-22(21-18)11-14-5-3-2-4-6-14/h2-6,12,16H,7-11H2,1H3,(H,19,23)(H,20,24). The van der Waals surface area contributed by atoms with E-state index >= 15 is 0 Å². The predicted molar refractivity (Wildman–Crippen MR) is 91.9 cm³/mol. The first kappa shape index (κ1) is 17.2. The molecule has 3 rings (SSSR count). The number of ether oxygens (including phenoxy) is 1. The molecule has 1 aliphatic heterocycles. The molecule has 1 unspecified atom stereocenters. The first-order chi connectivity index (χ1) is 12.1. The Balaban J connectivity index is 1.61. The van der Waals surface area contributed by atoms with Crippen LogP contribution in [-0.4, -0.2) is 41.3 Å². The first-order valence-electron chi connectivity index (χ1n) is 8.34. The van der Waals surface area contributed by atoms with Crippen molar-refractivity contribution in [2.75, 3.05) is 19.7 Å². The Kier molecular flexibility index (Phi) is 5.45. The lowest BCUT2D eigenvalue weighted by Gasteiger charge is -2.22. The molecule has 7 nitrogen and oxygen atoms in total. The second kappa shape index (κ2) is 7.94. The molecule has 2 amide bonds. The van der Waals surface area contributed by atoms with Crippen molar-refractivity contribution in [1.82, 2.24) is 20.4 Å². The quantitative estimate of drug-likeness (QED) is 0.813. The molecule has 0 saturated heterocycles. The Labute approximate surface area is 146 Å². The van der Waals surface area contributed by atoms with E-state index in [9.17, 15) is 9.59 Å². The molecule has 1 atom stereocenters. The van der Waals surface area contributed by atoms with Crippen LogP contribution in [0.2, 0.25) is 0 Å². The first-order valence-corrected chi connectivity index (χ1v) is 8.34. The molecule has 0 bridgehead atoms. The zero-order valence-electron chi connectivity index (χ0n) is 14.2. The summed E-state index contributed by atoms with van der Waals surface area (Å²) < 4.78 is 7.68. The molecule has 132 valence electrons. The van der Waals surface area contributed by atoms with Gasteiger partial charge in [0.1, 0.15) is 6.10 Å². The van der Waals surface area contributed by atoms with Gasteiger partial charge in [0.05, 0.1) is 25.4 Å². The maximum absolute atomic E-state index is 11.7. The van der Waals surface area contributed by atoms with Crippen molar-refractivity contribution < 1.29 is 14.3 Å². The normalized spacial score (nSPS) is 16.1. The van der Waals surface area contributed by atoms with Crippen molar-refractivity contribution in [2.24, 2.45) is 0 Å². The molecule has 2 heterocycles. The average Bonchev–Trinajstić information content (AvgIpc) is 3.02. The fourth-order valence-corrected chi connectivity index (χ4v) is 2.81. The monoisotopic (exact) mass is 342 g/mol. The minimum absolute atomic E-state index is 0.0304. The van der Waals surface area contributed by atoms with E-state index in [0.29, 0.717) is 19.7 Å². The number of amides is 2. The third-order valence-corrected chi connectivity index (χ3v) is 4.04. The van der Waals surface area contributed by atoms with Gasteiger partial charge in [-0.05, 0) is 17.5 Å². The Hall–Kier alpha value is -2.67. The Morgan fingerprint density at radius 3 is 2.84 bits per heavy atom. The summed E-state index contributed by atoms with van der Waals surface area (Å²) >= 11 is 0. The summed E-state index contributed by atoms with van der Waals surface area (Å²) in [6, 6.07) is 10.1. The van der Waals surface area contributed by atoms with Crippen molar-refractivity contribution in [3.63, 3.8) is 0 Å². The van der Waals surface area contributed by atoms with Gasteiger partial charge in [0, 0.05) is 19.7 Å². The second-order valence-corrected chi connectivity index (χ2v) is 6.05. The number of hydrogen-bond donors (Lipinski definition) is 2. The minimum atomic E-state index is -0.262. The van der Waals surface area contributed by atoms with Crippen molar-refractivity contribution >= 4 is 11.8 Å². The number of aromatic nitrogens is 2. The molecule has 0 radical (unpaired) electrons. The molecule has 0 aliphatic carbocycles. The molecular weight excluding hydrogens is 320 g/mol. The van der Waals surface area contributed by atoms with Crippen molar-refractivity contribution in [2.45, 2.75) is 26.0 Å². The van der Waals surface area contributed by atoms with Gasteiger partial charge < -0.3 is 15.4 Å². The zero-order valence-corrected chi connectivity index (χ0v) is 14.2. The Morgan fingerprint density at radius 2 is 2.08 bits per heavy atom. The van der Waals surface area contributed by atoms with Crippen LogP contribution in [0, 0.1) is 0 Å². The molecule has 1 aromatic carbocycles. The number of rotatable bonds is 6. The number of carbonyl (C=O) groups is 2. The molecule has 1 aliphatic rings. The van der Waals surface area contributed by atoms with Gasteiger partial charge >= 0.3 is 0 Å². The lowest BCUT2D eigenvalue weighted by Crippen LogP contribution is -2.38. The number of nitrogens with one attached hydrogen (secondary N) is 2. The largest absolute Gasteiger partial charge is 0.370 e. The van der Waals surface area contributed by atoms with Crippen LogP contribution in [0.15, 0.2) is 36.5 Å². The van der Waals surface area contributed by atoms with Crippen molar-refractivity contribution in [3.8, 4) is 0 Å². The number of carbonyl (C=O) groups excluding carboxylic acids is 2. The van der Waals surface area contributed by atoms with Gasteiger partial charge in [0.2, 0.25) is 11.8 Å². The summed E-state index contributed by atoms with van der Waals surface area (Å²) in [5.74, 6) is -0.472. The number of hydrogen-bond acceptors (Lipinski definition) is 4. The van der Waals surface area contributed by atoms with E-state index < -0.39 is 0 Å². The highest BCUT2D eigenvalue weighted by atomic mass is 16.5. The molecule has 0 fully saturated rings. The summed E-state index contributed by atoms with van der Waals surface area (Å²) in [4.78, 5) is 22.6. The molecule has 2 N–H and O–H groups in total. The SMILES string of the molecule is CC(=O)NCC(=O)NCC1OCCc2cn(Cc3ccccc3)nc21. The maximum Gasteiger partial charge on any atom is 0.239 e. The second-order valence-electron chi connectivity index (χ2n) is 6.05. The van der Waals surface area contributed by atoms with Crippen molar-refractivity contribution in [3.05, 3.63) is 53.3 Å². The molecule has 1 aromatic heterocycles. The van der Waals surface area contributed by atoms with Gasteiger partial charge in [-0.1, -0.05) is 30.3 Å².